The molecule has 0 saturated heterocycles. The zero-order chi connectivity index (χ0) is 9.52. The summed E-state index contributed by atoms with van der Waals surface area (Å²) in [7, 11) is 0.193. The fourth-order valence-corrected chi connectivity index (χ4v) is 1.35. The van der Waals surface area contributed by atoms with E-state index >= 15 is 0 Å². The zero-order valence-corrected chi connectivity index (χ0v) is 7.90. The first-order valence-corrected chi connectivity index (χ1v) is 4.87. The van der Waals surface area contributed by atoms with Gasteiger partial charge in [-0.15, -0.1) is 0 Å². The van der Waals surface area contributed by atoms with Crippen LogP contribution in [0.1, 0.15) is 0 Å². The van der Waals surface area contributed by atoms with Gasteiger partial charge in [-0.05, 0) is 6.07 Å². The largest absolute Gasteiger partial charge is 0.399 e. The molecule has 1 aromatic rings. The Labute approximate surface area is 78.3 Å². The van der Waals surface area contributed by atoms with E-state index < -0.39 is 10.8 Å². The number of nitrogens with zero attached hydrogens (tertiary/aromatic N) is 3. The molecule has 1 rings (SSSR count). The van der Waals surface area contributed by atoms with Crippen LogP contribution in [0.3, 0.4) is 0 Å². The van der Waals surface area contributed by atoms with Crippen molar-refractivity contribution >= 4 is 17.0 Å². The SMILES string of the molecule is CO/N=C/CS(=O)c1ncccn1. The minimum absolute atomic E-state index is 0.262. The molecular weight excluding hydrogens is 190 g/mol. The second-order valence-corrected chi connectivity index (χ2v) is 3.40. The average molecular weight is 199 g/mol. The molecule has 0 aliphatic carbocycles. The van der Waals surface area contributed by atoms with Crippen LogP contribution >= 0.6 is 0 Å². The number of hydrogen-bond acceptors (Lipinski definition) is 5. The highest BCUT2D eigenvalue weighted by atomic mass is 32.2. The lowest BCUT2D eigenvalue weighted by molar-refractivity contribution is 0.215. The molecule has 0 fully saturated rings. The van der Waals surface area contributed by atoms with E-state index in [9.17, 15) is 4.21 Å². The lowest BCUT2D eigenvalue weighted by Crippen LogP contribution is -2.03. The summed E-state index contributed by atoms with van der Waals surface area (Å²) in [6, 6.07) is 1.67. The Hall–Kier alpha value is -1.30. The molecule has 0 aromatic carbocycles. The molecule has 1 unspecified atom stereocenters. The van der Waals surface area contributed by atoms with E-state index in [1.54, 1.807) is 18.5 Å². The summed E-state index contributed by atoms with van der Waals surface area (Å²) in [4.78, 5) is 12.1. The zero-order valence-electron chi connectivity index (χ0n) is 7.08. The molecule has 0 saturated carbocycles. The summed E-state index contributed by atoms with van der Waals surface area (Å²) in [6.45, 7) is 0. The van der Waals surface area contributed by atoms with Crippen molar-refractivity contribution in [1.29, 1.82) is 0 Å². The molecule has 70 valence electrons. The highest BCUT2D eigenvalue weighted by Crippen LogP contribution is 1.94. The van der Waals surface area contributed by atoms with Crippen molar-refractivity contribution < 1.29 is 9.05 Å². The highest BCUT2D eigenvalue weighted by Gasteiger charge is 2.03. The van der Waals surface area contributed by atoms with Gasteiger partial charge >= 0.3 is 0 Å². The van der Waals surface area contributed by atoms with Crippen LogP contribution in [0, 0.1) is 0 Å². The second kappa shape index (κ2) is 5.36. The third-order valence-corrected chi connectivity index (χ3v) is 2.22. The number of hydrogen-bond donors (Lipinski definition) is 0. The molecule has 1 aromatic heterocycles. The normalized spacial score (nSPS) is 13.0. The lowest BCUT2D eigenvalue weighted by atomic mass is 10.7. The minimum atomic E-state index is -1.24. The van der Waals surface area contributed by atoms with Crippen LogP contribution < -0.4 is 0 Å². The van der Waals surface area contributed by atoms with Gasteiger partial charge in [0.1, 0.15) is 7.11 Å². The summed E-state index contributed by atoms with van der Waals surface area (Å²) >= 11 is 0. The molecule has 0 N–H and O–H groups in total. The molecular formula is C7H9N3O2S. The molecule has 0 spiro atoms. The van der Waals surface area contributed by atoms with E-state index in [-0.39, 0.29) is 5.75 Å². The Balaban J connectivity index is 2.54. The quantitative estimate of drug-likeness (QED) is 0.395. The summed E-state index contributed by atoms with van der Waals surface area (Å²) in [5.74, 6) is 0.262. The van der Waals surface area contributed by atoms with E-state index in [1.807, 2.05) is 0 Å². The van der Waals surface area contributed by atoms with Crippen molar-refractivity contribution in [2.75, 3.05) is 12.9 Å². The first kappa shape index (κ1) is 9.79. The second-order valence-electron chi connectivity index (χ2n) is 2.01. The molecule has 0 bridgehead atoms. The van der Waals surface area contributed by atoms with Crippen LogP contribution in [0.15, 0.2) is 28.8 Å². The Morgan fingerprint density at radius 3 is 2.92 bits per heavy atom. The maximum absolute atomic E-state index is 11.4. The summed E-state index contributed by atoms with van der Waals surface area (Å²) in [6.07, 6.45) is 4.52. The van der Waals surface area contributed by atoms with Crippen molar-refractivity contribution in [3.8, 4) is 0 Å². The molecule has 1 heterocycles. The first-order chi connectivity index (χ1) is 6.34. The summed E-state index contributed by atoms with van der Waals surface area (Å²) < 4.78 is 11.4. The van der Waals surface area contributed by atoms with Gasteiger partial charge in [0.25, 0.3) is 0 Å². The van der Waals surface area contributed by atoms with Gasteiger partial charge in [-0.25, -0.2) is 9.97 Å². The van der Waals surface area contributed by atoms with Crippen molar-refractivity contribution in [2.45, 2.75) is 5.16 Å². The Bertz CT molecular complexity index is 302. The highest BCUT2D eigenvalue weighted by molar-refractivity contribution is 7.85. The molecule has 1 atom stereocenters. The Morgan fingerprint density at radius 1 is 1.62 bits per heavy atom. The molecule has 0 aliphatic rings. The van der Waals surface area contributed by atoms with Gasteiger partial charge in [0, 0.05) is 12.4 Å². The van der Waals surface area contributed by atoms with Crippen LogP contribution in [0.5, 0.6) is 0 Å². The number of rotatable bonds is 4. The first-order valence-electron chi connectivity index (χ1n) is 3.55. The monoisotopic (exact) mass is 199 g/mol. The fourth-order valence-electron chi connectivity index (χ4n) is 0.650. The molecule has 6 heteroatoms. The standard InChI is InChI=1S/C7H9N3O2S/c1-12-10-5-6-13(11)7-8-3-2-4-9-7/h2-5H,6H2,1H3/b10-5+. The van der Waals surface area contributed by atoms with E-state index in [0.29, 0.717) is 5.16 Å². The van der Waals surface area contributed by atoms with E-state index in [4.69, 9.17) is 0 Å². The van der Waals surface area contributed by atoms with Crippen molar-refractivity contribution in [3.63, 3.8) is 0 Å². The maximum Gasteiger partial charge on any atom is 0.218 e. The van der Waals surface area contributed by atoms with Crippen molar-refractivity contribution in [1.82, 2.24) is 9.97 Å². The molecule has 0 aliphatic heterocycles. The topological polar surface area (TPSA) is 64.4 Å². The van der Waals surface area contributed by atoms with Crippen LogP contribution in [-0.2, 0) is 15.6 Å². The smallest absolute Gasteiger partial charge is 0.218 e. The summed E-state index contributed by atoms with van der Waals surface area (Å²) in [5.41, 5.74) is 0. The van der Waals surface area contributed by atoms with Crippen LogP contribution in [0.25, 0.3) is 0 Å². The van der Waals surface area contributed by atoms with Crippen molar-refractivity contribution in [2.24, 2.45) is 5.16 Å². The van der Waals surface area contributed by atoms with E-state index in [1.165, 1.54) is 13.3 Å². The van der Waals surface area contributed by atoms with Gasteiger partial charge in [-0.2, -0.15) is 0 Å². The van der Waals surface area contributed by atoms with Gasteiger partial charge in [0.15, 0.2) is 0 Å². The van der Waals surface area contributed by atoms with Gasteiger partial charge in [-0.3, -0.25) is 4.21 Å². The summed E-state index contributed by atoms with van der Waals surface area (Å²) in [5, 5.41) is 3.77. The third-order valence-electron chi connectivity index (χ3n) is 1.15. The molecule has 13 heavy (non-hydrogen) atoms. The molecule has 0 radical (unpaired) electrons. The van der Waals surface area contributed by atoms with Crippen LogP contribution in [0.2, 0.25) is 0 Å². The lowest BCUT2D eigenvalue weighted by Gasteiger charge is -1.94. The van der Waals surface area contributed by atoms with Gasteiger partial charge in [0.05, 0.1) is 22.8 Å². The van der Waals surface area contributed by atoms with Gasteiger partial charge < -0.3 is 4.84 Å². The number of oxime groups is 1. The van der Waals surface area contributed by atoms with E-state index in [2.05, 4.69) is 20.0 Å². The fraction of sp³-hybridized carbons (Fsp3) is 0.286. The molecule has 0 amide bonds. The van der Waals surface area contributed by atoms with Crippen LogP contribution in [0.4, 0.5) is 0 Å². The van der Waals surface area contributed by atoms with Crippen LogP contribution in [-0.4, -0.2) is 33.3 Å². The Morgan fingerprint density at radius 2 is 2.31 bits per heavy atom. The predicted molar refractivity (Wildman–Crippen MR) is 48.8 cm³/mol. The maximum atomic E-state index is 11.4. The minimum Gasteiger partial charge on any atom is -0.399 e. The average Bonchev–Trinajstić information content (AvgIpc) is 2.19. The van der Waals surface area contributed by atoms with Gasteiger partial charge in [-0.1, -0.05) is 5.16 Å². The third kappa shape index (κ3) is 3.29. The Kier molecular flexibility index (Phi) is 4.04. The van der Waals surface area contributed by atoms with Gasteiger partial charge in [0.2, 0.25) is 5.16 Å². The predicted octanol–water partition coefficient (Wildman–Crippen LogP) is 0.216. The van der Waals surface area contributed by atoms with Crippen molar-refractivity contribution in [3.05, 3.63) is 18.5 Å². The van der Waals surface area contributed by atoms with E-state index in [0.717, 1.165) is 0 Å². The molecule has 5 nitrogen and oxygen atoms in total. The number of aromatic nitrogens is 2.